The van der Waals surface area contributed by atoms with E-state index in [0.717, 1.165) is 100 Å². The zero-order valence-corrected chi connectivity index (χ0v) is 38.4. The molecule has 15 nitrogen and oxygen atoms in total. The Morgan fingerprint density at radius 1 is 0.877 bits per heavy atom. The van der Waals surface area contributed by atoms with Gasteiger partial charge in [-0.25, -0.2) is 4.79 Å². The van der Waals surface area contributed by atoms with Gasteiger partial charge in [0.25, 0.3) is 0 Å². The standard InChI is InChI=1S/C49H66N6O9S/c1-50-29-53-35(45(59)60)14-15-37(56)54-36(43(57)55-44(58)46(61)62)28-65-42-41-38-32(13-7-4-8-19-48(42)20-9-10-21-48)26-34(25-30-17-23-52-24-18-30)40(39(38)47(63)64-41)49(51-2)22-16-33(27-49)31-11-5-3-6-12-31/h3,5-6,11-12,17-18,23-24,32-33,35-36,39,42,44,50-51,53,58H,4,7-10,13-16,19-22,25-29H2,1-2H3,(H,54,56)(H,55,57)(H,59,60)(H,61,62). The molecule has 5 aliphatic rings. The topological polar surface area (TPSA) is 228 Å². The molecule has 7 rings (SSSR count). The zero-order chi connectivity index (χ0) is 46.1. The smallest absolute Gasteiger partial charge is 0.353 e. The lowest BCUT2D eigenvalue weighted by atomic mass is 9.63. The van der Waals surface area contributed by atoms with Crippen LogP contribution in [0.2, 0.25) is 0 Å². The molecule has 8 N–H and O–H groups in total. The summed E-state index contributed by atoms with van der Waals surface area (Å²) in [6, 6.07) is 12.4. The number of aliphatic hydroxyl groups excluding tert-OH is 1. The van der Waals surface area contributed by atoms with Crippen molar-refractivity contribution in [3.8, 4) is 0 Å². The van der Waals surface area contributed by atoms with Gasteiger partial charge in [-0.1, -0.05) is 68.0 Å². The fourth-order valence-corrected chi connectivity index (χ4v) is 13.3. The first kappa shape index (κ1) is 48.3. The number of benzene rings is 1. The average molecular weight is 915 g/mol. The van der Waals surface area contributed by atoms with E-state index in [1.807, 2.05) is 25.5 Å². The Morgan fingerprint density at radius 3 is 2.28 bits per heavy atom. The molecule has 2 heterocycles. The van der Waals surface area contributed by atoms with Crippen molar-refractivity contribution in [2.45, 2.75) is 138 Å². The van der Waals surface area contributed by atoms with E-state index in [9.17, 15) is 34.5 Å². The summed E-state index contributed by atoms with van der Waals surface area (Å²) in [4.78, 5) is 70.3. The van der Waals surface area contributed by atoms with Gasteiger partial charge in [0.15, 0.2) is 0 Å². The molecule has 2 aromatic rings. The number of esters is 1. The van der Waals surface area contributed by atoms with Gasteiger partial charge in [0.2, 0.25) is 18.0 Å². The third-order valence-electron chi connectivity index (χ3n) is 14.8. The largest absolute Gasteiger partial charge is 0.480 e. The minimum atomic E-state index is -2.21. The molecule has 0 saturated heterocycles. The summed E-state index contributed by atoms with van der Waals surface area (Å²) >= 11 is 1.45. The summed E-state index contributed by atoms with van der Waals surface area (Å²) in [5.41, 5.74) is 5.14. The van der Waals surface area contributed by atoms with Crippen LogP contribution in [-0.2, 0) is 35.1 Å². The number of nitrogens with zero attached hydrogens (tertiary/aromatic N) is 1. The second-order valence-electron chi connectivity index (χ2n) is 18.7. The lowest BCUT2D eigenvalue weighted by molar-refractivity contribution is -0.151. The number of carbonyl (C=O) groups is 5. The van der Waals surface area contributed by atoms with Crippen molar-refractivity contribution in [1.29, 1.82) is 0 Å². The summed E-state index contributed by atoms with van der Waals surface area (Å²) in [5.74, 6) is -4.14. The summed E-state index contributed by atoms with van der Waals surface area (Å²) in [5, 5.41) is 43.3. The molecule has 0 radical (unpaired) electrons. The Kier molecular flexibility index (Phi) is 16.2. The quantitative estimate of drug-likeness (QED) is 0.0532. The number of carboxylic acid groups (broad SMARTS) is 2. The first-order valence-corrected chi connectivity index (χ1v) is 24.5. The number of allylic oxidation sites excluding steroid dienone is 1. The number of rotatable bonds is 19. The van der Waals surface area contributed by atoms with Crippen molar-refractivity contribution in [2.24, 2.45) is 17.3 Å². The molecule has 16 heteroatoms. The number of pyridine rings is 1. The molecule has 0 bridgehead atoms. The Labute approximate surface area is 385 Å². The summed E-state index contributed by atoms with van der Waals surface area (Å²) in [6.07, 6.45) is 13.9. The molecular weight excluding hydrogens is 849 g/mol. The van der Waals surface area contributed by atoms with E-state index in [-0.39, 0.29) is 47.8 Å². The van der Waals surface area contributed by atoms with Crippen molar-refractivity contribution in [1.82, 2.24) is 31.6 Å². The van der Waals surface area contributed by atoms with Crippen molar-refractivity contribution >= 4 is 41.5 Å². The van der Waals surface area contributed by atoms with E-state index >= 15 is 4.79 Å². The number of thioether (sulfide) groups is 1. The highest BCUT2D eigenvalue weighted by Crippen LogP contribution is 2.60. The normalized spacial score (nSPS) is 26.5. The highest BCUT2D eigenvalue weighted by molar-refractivity contribution is 8.00. The highest BCUT2D eigenvalue weighted by Gasteiger charge is 2.57. The number of aliphatic hydroxyl groups is 1. The first-order chi connectivity index (χ1) is 31.4. The molecule has 2 fully saturated rings. The van der Waals surface area contributed by atoms with E-state index in [0.29, 0.717) is 18.1 Å². The van der Waals surface area contributed by atoms with Gasteiger partial charge in [-0.15, -0.1) is 11.8 Å². The number of amides is 2. The molecule has 1 aromatic heterocycles. The fourth-order valence-electron chi connectivity index (χ4n) is 11.6. The van der Waals surface area contributed by atoms with Crippen molar-refractivity contribution < 1.29 is 44.0 Å². The van der Waals surface area contributed by atoms with Gasteiger partial charge in [-0.3, -0.25) is 29.5 Å². The fraction of sp³-hybridized carbons (Fsp3) is 0.592. The predicted molar refractivity (Wildman–Crippen MR) is 246 cm³/mol. The first-order valence-electron chi connectivity index (χ1n) is 23.4. The van der Waals surface area contributed by atoms with Gasteiger partial charge < -0.3 is 41.3 Å². The monoisotopic (exact) mass is 914 g/mol. The average Bonchev–Trinajstić information content (AvgIpc) is 4.05. The third-order valence-corrected chi connectivity index (χ3v) is 16.4. The molecule has 1 aromatic carbocycles. The van der Waals surface area contributed by atoms with Crippen molar-refractivity contribution in [3.63, 3.8) is 0 Å². The predicted octanol–water partition coefficient (Wildman–Crippen LogP) is 4.92. The van der Waals surface area contributed by atoms with E-state index in [4.69, 9.17) is 4.74 Å². The molecule has 1 spiro atoms. The van der Waals surface area contributed by atoms with E-state index in [2.05, 4.69) is 68.0 Å². The Morgan fingerprint density at radius 2 is 1.60 bits per heavy atom. The lowest BCUT2D eigenvalue weighted by Crippen LogP contribution is -2.53. The van der Waals surface area contributed by atoms with Gasteiger partial charge in [0.05, 0.1) is 5.25 Å². The van der Waals surface area contributed by atoms with E-state index in [1.54, 1.807) is 7.05 Å². The van der Waals surface area contributed by atoms with Gasteiger partial charge in [0.1, 0.15) is 23.8 Å². The van der Waals surface area contributed by atoms with Crippen LogP contribution in [-0.4, -0.2) is 106 Å². The molecule has 65 heavy (non-hydrogen) atoms. The van der Waals surface area contributed by atoms with Gasteiger partial charge in [0, 0.05) is 36.8 Å². The molecule has 8 unspecified atom stereocenters. The molecular formula is C49H66N6O9S. The Balaban J connectivity index is 1.28. The summed E-state index contributed by atoms with van der Waals surface area (Å²) in [6.45, 7) is 0.202. The Hall–Kier alpha value is -4.61. The van der Waals surface area contributed by atoms with Crippen LogP contribution in [0.1, 0.15) is 113 Å². The van der Waals surface area contributed by atoms with Crippen LogP contribution in [0.4, 0.5) is 0 Å². The second kappa shape index (κ2) is 21.8. The second-order valence-corrected chi connectivity index (χ2v) is 19.9. The molecule has 1 aliphatic heterocycles. The van der Waals surface area contributed by atoms with Crippen LogP contribution in [0.3, 0.4) is 0 Å². The maximum absolute atomic E-state index is 15.1. The number of ether oxygens (including phenoxy) is 1. The van der Waals surface area contributed by atoms with Crippen LogP contribution >= 0.6 is 11.8 Å². The van der Waals surface area contributed by atoms with Crippen LogP contribution < -0.4 is 26.6 Å². The molecule has 8 atom stereocenters. The van der Waals surface area contributed by atoms with Crippen LogP contribution in [0.25, 0.3) is 0 Å². The minimum Gasteiger partial charge on any atom is -0.480 e. The molecule has 2 amide bonds. The van der Waals surface area contributed by atoms with Crippen molar-refractivity contribution in [2.75, 3.05) is 26.5 Å². The lowest BCUT2D eigenvalue weighted by Gasteiger charge is -2.44. The summed E-state index contributed by atoms with van der Waals surface area (Å²) < 4.78 is 6.76. The number of carboxylic acids is 2. The van der Waals surface area contributed by atoms with Crippen LogP contribution in [0.5, 0.6) is 0 Å². The van der Waals surface area contributed by atoms with E-state index < -0.39 is 53.5 Å². The van der Waals surface area contributed by atoms with E-state index in [1.165, 1.54) is 22.9 Å². The Bertz CT molecular complexity index is 2100. The maximum atomic E-state index is 15.1. The van der Waals surface area contributed by atoms with Crippen LogP contribution in [0.15, 0.2) is 77.3 Å². The number of likely N-dealkylation sites (N-methyl/N-ethyl adjacent to an activating group) is 1. The maximum Gasteiger partial charge on any atom is 0.353 e. The highest BCUT2D eigenvalue weighted by atomic mass is 32.2. The van der Waals surface area contributed by atoms with Crippen LogP contribution in [0, 0.1) is 17.3 Å². The number of aromatic nitrogens is 1. The summed E-state index contributed by atoms with van der Waals surface area (Å²) in [7, 11) is 3.68. The molecule has 352 valence electrons. The minimum absolute atomic E-state index is 0.0183. The number of hydrogen-bond donors (Lipinski definition) is 8. The van der Waals surface area contributed by atoms with Gasteiger partial charge in [-0.2, -0.15) is 0 Å². The number of carbonyl (C=O) groups excluding carboxylic acids is 3. The third kappa shape index (κ3) is 11.0. The van der Waals surface area contributed by atoms with Gasteiger partial charge >= 0.3 is 17.9 Å². The zero-order valence-electron chi connectivity index (χ0n) is 37.6. The van der Waals surface area contributed by atoms with Crippen molar-refractivity contribution in [3.05, 3.63) is 88.5 Å². The number of nitrogens with one attached hydrogen (secondary N) is 5. The molecule has 4 aliphatic carbocycles. The number of hydrogen-bond acceptors (Lipinski definition) is 12. The molecule has 2 saturated carbocycles. The number of aliphatic carboxylic acids is 2. The van der Waals surface area contributed by atoms with Gasteiger partial charge in [-0.05, 0) is 130 Å². The SMILES string of the molecule is CNCNC(CCC(=O)NC(CSC1C2=C3C(CCCCCC14CCCC4)CC(Cc1ccncc1)=C(C1(NC)CCC(c4ccccc4)C1)C3C(=O)O2)C(=O)NC(O)C(=O)O)C(=O)O.